The Bertz CT molecular complexity index is 930. The van der Waals surface area contributed by atoms with Gasteiger partial charge in [0.05, 0.1) is 18.3 Å². The number of ether oxygens (including phenoxy) is 2. The molecular weight excluding hydrogens is 402 g/mol. The quantitative estimate of drug-likeness (QED) is 0.597. The van der Waals surface area contributed by atoms with Gasteiger partial charge in [0.1, 0.15) is 11.5 Å². The third-order valence-electron chi connectivity index (χ3n) is 7.65. The van der Waals surface area contributed by atoms with Crippen LogP contribution in [0.15, 0.2) is 54.6 Å². The molecule has 2 bridgehead atoms. The molecule has 0 atom stereocenters. The van der Waals surface area contributed by atoms with Gasteiger partial charge in [0.25, 0.3) is 0 Å². The molecule has 5 heteroatoms. The molecule has 1 N–H and O–H groups in total. The third-order valence-corrected chi connectivity index (χ3v) is 7.65. The van der Waals surface area contributed by atoms with Gasteiger partial charge in [0.15, 0.2) is 0 Å². The van der Waals surface area contributed by atoms with Crippen LogP contribution in [-0.2, 0) is 16.1 Å². The molecule has 2 saturated carbocycles. The lowest BCUT2D eigenvalue weighted by molar-refractivity contribution is -0.141. The maximum atomic E-state index is 12.2. The van der Waals surface area contributed by atoms with Gasteiger partial charge in [0.2, 0.25) is 5.91 Å². The number of aliphatic hydroxyl groups is 1. The van der Waals surface area contributed by atoms with Gasteiger partial charge in [-0.05, 0) is 80.2 Å². The number of amides is 1. The van der Waals surface area contributed by atoms with Crippen LogP contribution in [0, 0.1) is 5.41 Å². The van der Waals surface area contributed by atoms with Gasteiger partial charge in [-0.3, -0.25) is 4.79 Å². The van der Waals surface area contributed by atoms with E-state index < -0.39 is 0 Å². The van der Waals surface area contributed by atoms with Crippen molar-refractivity contribution in [1.82, 2.24) is 4.90 Å². The first-order valence-corrected chi connectivity index (χ1v) is 11.9. The Labute approximate surface area is 190 Å². The van der Waals surface area contributed by atoms with E-state index in [4.69, 9.17) is 9.47 Å². The summed E-state index contributed by atoms with van der Waals surface area (Å²) >= 11 is 0. The van der Waals surface area contributed by atoms with Crippen LogP contribution in [0.4, 0.5) is 0 Å². The number of fused-ring (bicyclic) bond motifs is 2. The molecule has 2 aromatic carbocycles. The van der Waals surface area contributed by atoms with E-state index in [1.54, 1.807) is 4.90 Å². The van der Waals surface area contributed by atoms with Gasteiger partial charge in [-0.1, -0.05) is 30.3 Å². The first-order valence-electron chi connectivity index (χ1n) is 11.9. The molecule has 1 saturated heterocycles. The Kier molecular flexibility index (Phi) is 5.95. The monoisotopic (exact) mass is 435 g/mol. The highest BCUT2D eigenvalue weighted by atomic mass is 16.5. The lowest BCUT2D eigenvalue weighted by Crippen LogP contribution is -2.53. The first-order chi connectivity index (χ1) is 15.5. The average Bonchev–Trinajstić information content (AvgIpc) is 3.33. The van der Waals surface area contributed by atoms with Crippen molar-refractivity contribution in [3.8, 4) is 11.5 Å². The molecule has 0 spiro atoms. The summed E-state index contributed by atoms with van der Waals surface area (Å²) in [4.78, 5) is 14.0. The molecule has 5 rings (SSSR count). The first kappa shape index (κ1) is 21.5. The van der Waals surface area contributed by atoms with Crippen LogP contribution in [-0.4, -0.2) is 40.7 Å². The fourth-order valence-electron chi connectivity index (χ4n) is 5.80. The zero-order valence-corrected chi connectivity index (χ0v) is 18.7. The minimum atomic E-state index is -0.314. The molecular formula is C27H33NO4. The number of benzene rings is 2. The highest BCUT2D eigenvalue weighted by molar-refractivity contribution is 5.77. The number of likely N-dealkylation sites (tertiary alicyclic amines) is 1. The number of hydrogen-bond donors (Lipinski definition) is 1. The Morgan fingerprint density at radius 1 is 1.00 bits per heavy atom. The molecule has 0 aromatic heterocycles. The molecule has 1 amide bonds. The van der Waals surface area contributed by atoms with E-state index in [1.165, 1.54) is 12.8 Å². The standard InChI is InChI=1S/C27H33NO4/c29-22-17-28(18-22)25(30)10-5-11-26-12-14-27(20-26,15-13-26)31-19-21-6-4-9-24(16-21)32-23-7-2-1-3-8-23/h1-4,6-9,16,22,29H,5,10-15,17-20H2. The van der Waals surface area contributed by atoms with Crippen LogP contribution < -0.4 is 4.74 Å². The van der Waals surface area contributed by atoms with Crippen LogP contribution in [0.1, 0.15) is 56.9 Å². The summed E-state index contributed by atoms with van der Waals surface area (Å²) < 4.78 is 12.5. The molecule has 0 radical (unpaired) electrons. The van der Waals surface area contributed by atoms with Crippen molar-refractivity contribution in [3.05, 3.63) is 60.2 Å². The number of rotatable bonds is 9. The van der Waals surface area contributed by atoms with E-state index in [9.17, 15) is 9.90 Å². The predicted octanol–water partition coefficient (Wildman–Crippen LogP) is 5.07. The fourth-order valence-corrected chi connectivity index (χ4v) is 5.80. The minimum absolute atomic E-state index is 0.00187. The lowest BCUT2D eigenvalue weighted by Gasteiger charge is -2.36. The molecule has 2 aliphatic carbocycles. The molecule has 3 fully saturated rings. The van der Waals surface area contributed by atoms with Crippen LogP contribution in [0.25, 0.3) is 0 Å². The molecule has 32 heavy (non-hydrogen) atoms. The molecule has 1 aliphatic heterocycles. The molecule has 5 nitrogen and oxygen atoms in total. The van der Waals surface area contributed by atoms with Crippen molar-refractivity contribution in [1.29, 1.82) is 0 Å². The zero-order chi connectivity index (χ0) is 22.0. The van der Waals surface area contributed by atoms with Gasteiger partial charge in [-0.15, -0.1) is 0 Å². The zero-order valence-electron chi connectivity index (χ0n) is 18.7. The normalized spacial score (nSPS) is 26.8. The Hall–Kier alpha value is -2.37. The lowest BCUT2D eigenvalue weighted by atomic mass is 9.79. The highest BCUT2D eigenvalue weighted by Crippen LogP contribution is 2.60. The van der Waals surface area contributed by atoms with Crippen molar-refractivity contribution >= 4 is 5.91 Å². The minimum Gasteiger partial charge on any atom is -0.457 e. The number of hydrogen-bond acceptors (Lipinski definition) is 4. The fraction of sp³-hybridized carbons (Fsp3) is 0.519. The Morgan fingerprint density at radius 3 is 2.50 bits per heavy atom. The van der Waals surface area contributed by atoms with E-state index in [0.717, 1.165) is 49.2 Å². The average molecular weight is 436 g/mol. The summed E-state index contributed by atoms with van der Waals surface area (Å²) in [6.07, 6.45) is 8.14. The van der Waals surface area contributed by atoms with E-state index in [-0.39, 0.29) is 17.6 Å². The topological polar surface area (TPSA) is 59.0 Å². The van der Waals surface area contributed by atoms with Crippen LogP contribution >= 0.6 is 0 Å². The molecule has 1 heterocycles. The van der Waals surface area contributed by atoms with Crippen LogP contribution in [0.2, 0.25) is 0 Å². The van der Waals surface area contributed by atoms with E-state index in [2.05, 4.69) is 12.1 Å². The largest absolute Gasteiger partial charge is 0.457 e. The number of β-amino-alcohol motifs (C(OH)–C–C–N with tert-alkyl or cyclic N) is 1. The molecule has 3 aliphatic rings. The van der Waals surface area contributed by atoms with E-state index in [0.29, 0.717) is 31.5 Å². The number of aliphatic hydroxyl groups excluding tert-OH is 1. The number of carbonyl (C=O) groups excluding carboxylic acids is 1. The summed E-state index contributed by atoms with van der Waals surface area (Å²) in [6, 6.07) is 18.0. The van der Waals surface area contributed by atoms with Gasteiger partial charge >= 0.3 is 0 Å². The predicted molar refractivity (Wildman–Crippen MR) is 122 cm³/mol. The maximum absolute atomic E-state index is 12.2. The number of nitrogens with zero attached hydrogens (tertiary/aromatic N) is 1. The van der Waals surface area contributed by atoms with Crippen LogP contribution in [0.5, 0.6) is 11.5 Å². The smallest absolute Gasteiger partial charge is 0.222 e. The molecule has 0 unspecified atom stereocenters. The number of para-hydroxylation sites is 1. The van der Waals surface area contributed by atoms with Gasteiger partial charge in [-0.2, -0.15) is 0 Å². The number of carbonyl (C=O) groups is 1. The van der Waals surface area contributed by atoms with Crippen molar-refractivity contribution < 1.29 is 19.4 Å². The van der Waals surface area contributed by atoms with Gasteiger partial charge < -0.3 is 19.5 Å². The summed E-state index contributed by atoms with van der Waals surface area (Å²) in [5.41, 5.74) is 1.49. The summed E-state index contributed by atoms with van der Waals surface area (Å²) in [6.45, 7) is 1.63. The van der Waals surface area contributed by atoms with Gasteiger partial charge in [0, 0.05) is 19.5 Å². The second-order valence-electron chi connectivity index (χ2n) is 10.0. The summed E-state index contributed by atoms with van der Waals surface area (Å²) in [5.74, 6) is 1.87. The Balaban J connectivity index is 1.11. The SMILES string of the molecule is O=C(CCCC12CCC(OCc3cccc(Oc4ccccc4)c3)(CC1)C2)N1CC(O)C1. The van der Waals surface area contributed by atoms with Crippen molar-refractivity contribution in [2.24, 2.45) is 5.41 Å². The summed E-state index contributed by atoms with van der Waals surface area (Å²) in [7, 11) is 0. The maximum Gasteiger partial charge on any atom is 0.222 e. The van der Waals surface area contributed by atoms with E-state index in [1.807, 2.05) is 42.5 Å². The van der Waals surface area contributed by atoms with Crippen molar-refractivity contribution in [2.75, 3.05) is 13.1 Å². The Morgan fingerprint density at radius 2 is 1.75 bits per heavy atom. The van der Waals surface area contributed by atoms with Crippen molar-refractivity contribution in [2.45, 2.75) is 69.7 Å². The van der Waals surface area contributed by atoms with E-state index >= 15 is 0 Å². The molecule has 170 valence electrons. The second kappa shape index (κ2) is 8.87. The van der Waals surface area contributed by atoms with Gasteiger partial charge in [-0.25, -0.2) is 0 Å². The highest BCUT2D eigenvalue weighted by Gasteiger charge is 2.54. The second-order valence-corrected chi connectivity index (χ2v) is 10.0. The van der Waals surface area contributed by atoms with Crippen molar-refractivity contribution in [3.63, 3.8) is 0 Å². The summed E-state index contributed by atoms with van der Waals surface area (Å²) in [5, 5.41) is 9.38. The molecule has 2 aromatic rings. The van der Waals surface area contributed by atoms with Crippen LogP contribution in [0.3, 0.4) is 0 Å². The third kappa shape index (κ3) is 4.69.